The van der Waals surface area contributed by atoms with E-state index in [2.05, 4.69) is 41.0 Å². The number of hydrogen-bond donors (Lipinski definition) is 0. The van der Waals surface area contributed by atoms with Gasteiger partial charge in [-0.1, -0.05) is 85.3 Å². The first kappa shape index (κ1) is 21.6. The third-order valence-corrected chi connectivity index (χ3v) is 8.07. The molecule has 1 unspecified atom stereocenters. The van der Waals surface area contributed by atoms with Gasteiger partial charge in [-0.2, -0.15) is 9.97 Å². The molecule has 0 N–H and O–H groups in total. The van der Waals surface area contributed by atoms with Crippen LogP contribution in [0.2, 0.25) is 0 Å². The summed E-state index contributed by atoms with van der Waals surface area (Å²) in [5.74, 6) is 3.43. The highest BCUT2D eigenvalue weighted by atomic mass is 16.5. The van der Waals surface area contributed by atoms with Gasteiger partial charge in [-0.25, -0.2) is 4.98 Å². The molecule has 5 heteroatoms. The predicted octanol–water partition coefficient (Wildman–Crippen LogP) is 7.72. The quantitative estimate of drug-likeness (QED) is 0.253. The van der Waals surface area contributed by atoms with Crippen molar-refractivity contribution in [2.45, 2.75) is 37.7 Å². The molecule has 0 bridgehead atoms. The van der Waals surface area contributed by atoms with E-state index in [1.54, 1.807) is 0 Å². The van der Waals surface area contributed by atoms with E-state index in [9.17, 15) is 0 Å². The highest BCUT2D eigenvalue weighted by molar-refractivity contribution is 6.09. The maximum Gasteiger partial charge on any atom is 0.238 e. The van der Waals surface area contributed by atoms with Crippen LogP contribution in [0.1, 0.15) is 37.2 Å². The van der Waals surface area contributed by atoms with Crippen molar-refractivity contribution in [3.05, 3.63) is 103 Å². The molecular weight excluding hydrogens is 468 g/mol. The van der Waals surface area contributed by atoms with Crippen LogP contribution < -0.4 is 4.74 Å². The molecular formula is C33H26N4O. The number of aromatic nitrogens is 4. The fraction of sp³-hybridized carbons (Fsp3) is 0.182. The van der Waals surface area contributed by atoms with E-state index in [1.807, 2.05) is 60.7 Å². The van der Waals surface area contributed by atoms with Gasteiger partial charge in [0.05, 0.1) is 11.0 Å². The molecule has 2 atom stereocenters. The number of nitrogens with zero attached hydrogens (tertiary/aromatic N) is 4. The maximum atomic E-state index is 6.53. The monoisotopic (exact) mass is 494 g/mol. The summed E-state index contributed by atoms with van der Waals surface area (Å²) in [6.45, 7) is 0. The van der Waals surface area contributed by atoms with E-state index >= 15 is 0 Å². The Morgan fingerprint density at radius 2 is 1.29 bits per heavy atom. The first-order valence-corrected chi connectivity index (χ1v) is 13.4. The Morgan fingerprint density at radius 3 is 2.03 bits per heavy atom. The van der Waals surface area contributed by atoms with Crippen molar-refractivity contribution >= 4 is 21.8 Å². The van der Waals surface area contributed by atoms with E-state index in [1.165, 1.54) is 35.6 Å². The minimum absolute atomic E-state index is 0.302. The normalized spacial score (nSPS) is 18.3. The van der Waals surface area contributed by atoms with Crippen molar-refractivity contribution in [3.8, 4) is 34.5 Å². The summed E-state index contributed by atoms with van der Waals surface area (Å²) < 4.78 is 8.70. The van der Waals surface area contributed by atoms with E-state index in [-0.39, 0.29) is 0 Å². The molecule has 0 spiro atoms. The van der Waals surface area contributed by atoms with Crippen LogP contribution in [-0.4, -0.2) is 25.6 Å². The second kappa shape index (κ2) is 8.52. The smallest absolute Gasteiger partial charge is 0.238 e. The number of para-hydroxylation sites is 1. The van der Waals surface area contributed by atoms with Crippen LogP contribution in [0.4, 0.5) is 0 Å². The molecule has 184 valence electrons. The maximum absolute atomic E-state index is 6.53. The Balaban J connectivity index is 1.41. The fourth-order valence-corrected chi connectivity index (χ4v) is 6.27. The summed E-state index contributed by atoms with van der Waals surface area (Å²) in [6.07, 6.45) is 5.17. The number of rotatable bonds is 3. The van der Waals surface area contributed by atoms with Gasteiger partial charge in [0.15, 0.2) is 11.6 Å². The van der Waals surface area contributed by atoms with Gasteiger partial charge < -0.3 is 4.74 Å². The zero-order valence-electron chi connectivity index (χ0n) is 20.9. The van der Waals surface area contributed by atoms with Gasteiger partial charge in [0.1, 0.15) is 11.9 Å². The van der Waals surface area contributed by atoms with Crippen LogP contribution in [0.5, 0.6) is 5.75 Å². The van der Waals surface area contributed by atoms with Crippen LogP contribution in [-0.2, 0) is 0 Å². The first-order valence-electron chi connectivity index (χ1n) is 13.4. The van der Waals surface area contributed by atoms with E-state index in [0.29, 0.717) is 29.6 Å². The van der Waals surface area contributed by atoms with Crippen molar-refractivity contribution in [3.63, 3.8) is 0 Å². The Kier molecular flexibility index (Phi) is 4.84. The minimum atomic E-state index is 0.302. The molecule has 0 radical (unpaired) electrons. The lowest BCUT2D eigenvalue weighted by atomic mass is 9.83. The third kappa shape index (κ3) is 3.35. The summed E-state index contributed by atoms with van der Waals surface area (Å²) >= 11 is 0. The molecule has 4 aromatic carbocycles. The molecule has 0 saturated heterocycles. The second-order valence-corrected chi connectivity index (χ2v) is 10.3. The average molecular weight is 495 g/mol. The molecule has 1 aliphatic heterocycles. The van der Waals surface area contributed by atoms with Crippen molar-refractivity contribution in [1.82, 2.24) is 19.5 Å². The molecule has 1 aliphatic carbocycles. The van der Waals surface area contributed by atoms with Gasteiger partial charge in [-0.05, 0) is 31.4 Å². The van der Waals surface area contributed by atoms with Gasteiger partial charge in [-0.15, -0.1) is 0 Å². The highest BCUT2D eigenvalue weighted by Gasteiger charge is 2.37. The first-order chi connectivity index (χ1) is 18.8. The van der Waals surface area contributed by atoms with E-state index < -0.39 is 0 Å². The molecule has 8 rings (SSSR count). The van der Waals surface area contributed by atoms with Crippen LogP contribution in [0.25, 0.3) is 50.5 Å². The summed E-state index contributed by atoms with van der Waals surface area (Å²) in [5.41, 5.74) is 5.42. The molecule has 3 heterocycles. The molecule has 2 aromatic heterocycles. The average Bonchev–Trinajstić information content (AvgIpc) is 3.51. The molecule has 6 aromatic rings. The van der Waals surface area contributed by atoms with Gasteiger partial charge >= 0.3 is 0 Å². The topological polar surface area (TPSA) is 52.8 Å². The van der Waals surface area contributed by atoms with Crippen LogP contribution in [0.15, 0.2) is 97.1 Å². The lowest BCUT2D eigenvalue weighted by Gasteiger charge is -2.23. The Hall–Kier alpha value is -4.51. The number of fused-ring (bicyclic) bond motifs is 6. The lowest BCUT2D eigenvalue weighted by molar-refractivity contribution is 0.164. The molecule has 1 saturated carbocycles. The molecule has 0 amide bonds. The Bertz CT molecular complexity index is 1750. The number of ether oxygens (including phenoxy) is 1. The largest absolute Gasteiger partial charge is 0.489 e. The number of benzene rings is 4. The zero-order valence-corrected chi connectivity index (χ0v) is 20.9. The summed E-state index contributed by atoms with van der Waals surface area (Å²) in [6, 6.07) is 33.4. The van der Waals surface area contributed by atoms with Crippen molar-refractivity contribution < 1.29 is 4.74 Å². The van der Waals surface area contributed by atoms with Gasteiger partial charge in [0.25, 0.3) is 0 Å². The van der Waals surface area contributed by atoms with Crippen molar-refractivity contribution in [2.24, 2.45) is 0 Å². The Labute approximate surface area is 220 Å². The number of hydrogen-bond acceptors (Lipinski definition) is 4. The molecule has 1 fully saturated rings. The molecule has 5 nitrogen and oxygen atoms in total. The fourth-order valence-electron chi connectivity index (χ4n) is 6.27. The van der Waals surface area contributed by atoms with E-state index in [0.717, 1.165) is 34.3 Å². The summed E-state index contributed by atoms with van der Waals surface area (Å²) in [4.78, 5) is 15.0. The van der Waals surface area contributed by atoms with Crippen LogP contribution in [0.3, 0.4) is 0 Å². The van der Waals surface area contributed by atoms with Crippen molar-refractivity contribution in [2.75, 3.05) is 0 Å². The molecule has 2 aliphatic rings. The Morgan fingerprint density at radius 1 is 0.632 bits per heavy atom. The highest BCUT2D eigenvalue weighted by Crippen LogP contribution is 2.48. The predicted molar refractivity (Wildman–Crippen MR) is 151 cm³/mol. The standard InChI is InChI=1S/C33H26N4O/c1-3-11-21(12-4-1)31-34-32(22-13-5-2-6-14-22)36-33(35-31)37-27-17-9-7-15-23(27)25-19-26-24-16-8-10-18-29(24)38-30(26)20-28(25)37/h1-7,9,11-15,17,19-20,24,29H,8,10,16,18H2/t24-,29?/m0/s1. The summed E-state index contributed by atoms with van der Waals surface area (Å²) in [7, 11) is 0. The van der Waals surface area contributed by atoms with Crippen LogP contribution >= 0.6 is 0 Å². The zero-order chi connectivity index (χ0) is 25.1. The summed E-state index contributed by atoms with van der Waals surface area (Å²) in [5, 5.41) is 2.42. The third-order valence-electron chi connectivity index (χ3n) is 8.07. The van der Waals surface area contributed by atoms with Crippen LogP contribution in [0, 0.1) is 0 Å². The lowest BCUT2D eigenvalue weighted by Crippen LogP contribution is -2.22. The van der Waals surface area contributed by atoms with Gasteiger partial charge in [0, 0.05) is 39.4 Å². The van der Waals surface area contributed by atoms with Gasteiger partial charge in [0.2, 0.25) is 5.95 Å². The van der Waals surface area contributed by atoms with E-state index in [4.69, 9.17) is 19.7 Å². The van der Waals surface area contributed by atoms with Crippen molar-refractivity contribution in [1.29, 1.82) is 0 Å². The molecule has 38 heavy (non-hydrogen) atoms. The SMILES string of the molecule is c1ccc(-c2nc(-c3ccccc3)nc(-n3c4ccccc4c4cc5c(cc43)OC3CCCC[C@@H]53)n2)cc1. The minimum Gasteiger partial charge on any atom is -0.489 e. The second-order valence-electron chi connectivity index (χ2n) is 10.3. The van der Waals surface area contributed by atoms with Gasteiger partial charge in [-0.3, -0.25) is 4.57 Å².